The molecule has 0 aliphatic carbocycles. The minimum atomic E-state index is -1.12. The second-order valence-electron chi connectivity index (χ2n) is 3.28. The number of benzene rings is 1. The normalized spacial score (nSPS) is 11.8. The van der Waals surface area contributed by atoms with Crippen molar-refractivity contribution in [2.24, 2.45) is 5.73 Å². The molecule has 1 atom stereocenters. The summed E-state index contributed by atoms with van der Waals surface area (Å²) in [6.07, 6.45) is -0.418. The van der Waals surface area contributed by atoms with Gasteiger partial charge in [0.1, 0.15) is 0 Å². The van der Waals surface area contributed by atoms with Crippen molar-refractivity contribution in [1.29, 1.82) is 0 Å². The second kappa shape index (κ2) is 5.13. The van der Waals surface area contributed by atoms with Crippen molar-refractivity contribution in [3.05, 3.63) is 24.3 Å². The highest BCUT2D eigenvalue weighted by molar-refractivity contribution is 5.98. The number of para-hydroxylation sites is 2. The first-order valence-corrected chi connectivity index (χ1v) is 4.63. The third kappa shape index (κ3) is 3.25. The number of aliphatic carboxylic acids is 1. The zero-order valence-corrected chi connectivity index (χ0v) is 8.51. The molecule has 0 spiro atoms. The lowest BCUT2D eigenvalue weighted by Crippen LogP contribution is -2.37. The summed E-state index contributed by atoms with van der Waals surface area (Å²) >= 11 is 0. The van der Waals surface area contributed by atoms with E-state index in [4.69, 9.17) is 16.6 Å². The fourth-order valence-corrected chi connectivity index (χ4v) is 1.12. The maximum Gasteiger partial charge on any atom is 0.305 e. The number of nitrogen functional groups attached to an aromatic ring is 1. The van der Waals surface area contributed by atoms with E-state index in [9.17, 15) is 9.59 Å². The van der Waals surface area contributed by atoms with E-state index in [-0.39, 0.29) is 0 Å². The second-order valence-corrected chi connectivity index (χ2v) is 3.28. The Morgan fingerprint density at radius 1 is 1.38 bits per heavy atom. The van der Waals surface area contributed by atoms with Crippen molar-refractivity contribution >= 4 is 23.3 Å². The number of anilines is 2. The van der Waals surface area contributed by atoms with Gasteiger partial charge < -0.3 is 21.9 Å². The van der Waals surface area contributed by atoms with E-state index < -0.39 is 24.3 Å². The van der Waals surface area contributed by atoms with Crippen LogP contribution in [0.5, 0.6) is 0 Å². The molecular formula is C10H13N3O3. The largest absolute Gasteiger partial charge is 0.481 e. The van der Waals surface area contributed by atoms with Gasteiger partial charge in [0.25, 0.3) is 0 Å². The highest BCUT2D eigenvalue weighted by Gasteiger charge is 2.17. The van der Waals surface area contributed by atoms with Crippen molar-refractivity contribution < 1.29 is 14.7 Å². The number of hydrogen-bond donors (Lipinski definition) is 4. The van der Waals surface area contributed by atoms with Gasteiger partial charge in [0.15, 0.2) is 0 Å². The van der Waals surface area contributed by atoms with Crippen LogP contribution in [0.4, 0.5) is 11.4 Å². The van der Waals surface area contributed by atoms with Crippen LogP contribution in [-0.4, -0.2) is 23.0 Å². The molecule has 0 heterocycles. The highest BCUT2D eigenvalue weighted by atomic mass is 16.4. The topological polar surface area (TPSA) is 118 Å². The van der Waals surface area contributed by atoms with Crippen LogP contribution in [0.1, 0.15) is 6.42 Å². The van der Waals surface area contributed by atoms with E-state index in [1.54, 1.807) is 24.3 Å². The average molecular weight is 223 g/mol. The summed E-state index contributed by atoms with van der Waals surface area (Å²) in [6, 6.07) is 5.58. The lowest BCUT2D eigenvalue weighted by Gasteiger charge is -2.11. The van der Waals surface area contributed by atoms with Gasteiger partial charge in [-0.25, -0.2) is 0 Å². The summed E-state index contributed by atoms with van der Waals surface area (Å²) < 4.78 is 0. The van der Waals surface area contributed by atoms with Crippen LogP contribution >= 0.6 is 0 Å². The number of carbonyl (C=O) groups is 2. The number of nitrogens with one attached hydrogen (secondary N) is 1. The molecule has 16 heavy (non-hydrogen) atoms. The molecule has 6 nitrogen and oxygen atoms in total. The Balaban J connectivity index is 2.64. The van der Waals surface area contributed by atoms with Crippen molar-refractivity contribution in [3.8, 4) is 0 Å². The lowest BCUT2D eigenvalue weighted by molar-refractivity contribution is -0.138. The van der Waals surface area contributed by atoms with Gasteiger partial charge in [-0.2, -0.15) is 0 Å². The minimum Gasteiger partial charge on any atom is -0.481 e. The first-order chi connectivity index (χ1) is 7.50. The standard InChI is InChI=1S/C10H13N3O3/c11-6-3-1-2-4-8(6)13-10(16)7(12)5-9(14)15/h1-4,7H,5,11-12H2,(H,13,16)(H,14,15)/t7-/m0/s1. The molecule has 0 aromatic heterocycles. The third-order valence-corrected chi connectivity index (χ3v) is 1.95. The minimum absolute atomic E-state index is 0.401. The number of amides is 1. The fourth-order valence-electron chi connectivity index (χ4n) is 1.12. The maximum atomic E-state index is 11.4. The molecule has 6 heteroatoms. The highest BCUT2D eigenvalue weighted by Crippen LogP contribution is 2.16. The van der Waals surface area contributed by atoms with Crippen LogP contribution in [0.2, 0.25) is 0 Å². The number of hydrogen-bond acceptors (Lipinski definition) is 4. The first kappa shape index (κ1) is 12.0. The van der Waals surface area contributed by atoms with Gasteiger partial charge in [-0.15, -0.1) is 0 Å². The van der Waals surface area contributed by atoms with Crippen molar-refractivity contribution in [1.82, 2.24) is 0 Å². The summed E-state index contributed by atoms with van der Waals surface area (Å²) in [4.78, 5) is 21.8. The summed E-state index contributed by atoms with van der Waals surface area (Å²) in [5, 5.41) is 10.9. The van der Waals surface area contributed by atoms with Crippen molar-refractivity contribution in [2.75, 3.05) is 11.1 Å². The predicted octanol–water partition coefficient (Wildman–Crippen LogP) is 0.00930. The van der Waals surface area contributed by atoms with Gasteiger partial charge in [-0.05, 0) is 12.1 Å². The quantitative estimate of drug-likeness (QED) is 0.536. The van der Waals surface area contributed by atoms with Gasteiger partial charge >= 0.3 is 5.97 Å². The third-order valence-electron chi connectivity index (χ3n) is 1.95. The summed E-state index contributed by atoms with van der Waals surface area (Å²) in [5.74, 6) is -1.69. The van der Waals surface area contributed by atoms with E-state index in [0.717, 1.165) is 0 Å². The zero-order valence-electron chi connectivity index (χ0n) is 8.51. The fraction of sp³-hybridized carbons (Fsp3) is 0.200. The number of carboxylic acids is 1. The Bertz CT molecular complexity index is 406. The Kier molecular flexibility index (Phi) is 3.84. The van der Waals surface area contributed by atoms with Crippen LogP contribution < -0.4 is 16.8 Å². The number of carboxylic acid groups (broad SMARTS) is 1. The molecule has 1 aromatic rings. The van der Waals surface area contributed by atoms with Crippen LogP contribution in [0.15, 0.2) is 24.3 Å². The van der Waals surface area contributed by atoms with Crippen LogP contribution in [0, 0.1) is 0 Å². The zero-order chi connectivity index (χ0) is 12.1. The molecule has 0 fully saturated rings. The molecule has 0 radical (unpaired) electrons. The molecule has 6 N–H and O–H groups in total. The molecule has 0 bridgehead atoms. The number of rotatable bonds is 4. The molecule has 0 aliphatic heterocycles. The molecule has 0 saturated carbocycles. The first-order valence-electron chi connectivity index (χ1n) is 4.63. The van der Waals surface area contributed by atoms with E-state index in [1.165, 1.54) is 0 Å². The molecule has 0 aliphatic rings. The van der Waals surface area contributed by atoms with Crippen LogP contribution in [0.25, 0.3) is 0 Å². The molecular weight excluding hydrogens is 210 g/mol. The molecule has 1 aromatic carbocycles. The number of nitrogens with two attached hydrogens (primary N) is 2. The molecule has 0 saturated heterocycles. The van der Waals surface area contributed by atoms with Gasteiger partial charge in [-0.3, -0.25) is 9.59 Å². The van der Waals surface area contributed by atoms with E-state index in [2.05, 4.69) is 5.32 Å². The lowest BCUT2D eigenvalue weighted by atomic mass is 10.2. The molecule has 1 amide bonds. The monoisotopic (exact) mass is 223 g/mol. The maximum absolute atomic E-state index is 11.4. The summed E-state index contributed by atoms with van der Waals surface area (Å²) in [6.45, 7) is 0. The molecule has 86 valence electrons. The summed E-state index contributed by atoms with van der Waals surface area (Å²) in [5.41, 5.74) is 11.8. The Morgan fingerprint density at radius 2 is 2.00 bits per heavy atom. The van der Waals surface area contributed by atoms with Gasteiger partial charge in [-0.1, -0.05) is 12.1 Å². The van der Waals surface area contributed by atoms with Crippen LogP contribution in [-0.2, 0) is 9.59 Å². The van der Waals surface area contributed by atoms with E-state index in [1.807, 2.05) is 0 Å². The predicted molar refractivity (Wildman–Crippen MR) is 59.7 cm³/mol. The van der Waals surface area contributed by atoms with Gasteiger partial charge in [0.05, 0.1) is 23.8 Å². The van der Waals surface area contributed by atoms with Gasteiger partial charge in [0.2, 0.25) is 5.91 Å². The van der Waals surface area contributed by atoms with Crippen molar-refractivity contribution in [2.45, 2.75) is 12.5 Å². The Hall–Kier alpha value is -2.08. The van der Waals surface area contributed by atoms with E-state index in [0.29, 0.717) is 11.4 Å². The van der Waals surface area contributed by atoms with Crippen molar-refractivity contribution in [3.63, 3.8) is 0 Å². The molecule has 1 rings (SSSR count). The smallest absolute Gasteiger partial charge is 0.305 e. The SMILES string of the molecule is Nc1ccccc1NC(=O)[C@@H](N)CC(=O)O. The summed E-state index contributed by atoms with van der Waals surface area (Å²) in [7, 11) is 0. The van der Waals surface area contributed by atoms with Gasteiger partial charge in [0, 0.05) is 0 Å². The Morgan fingerprint density at radius 3 is 2.56 bits per heavy atom. The average Bonchev–Trinajstić information content (AvgIpc) is 2.20. The van der Waals surface area contributed by atoms with Crippen LogP contribution in [0.3, 0.4) is 0 Å². The number of carbonyl (C=O) groups excluding carboxylic acids is 1. The molecule has 0 unspecified atom stereocenters. The Labute approximate surface area is 92.2 Å². The van der Waals surface area contributed by atoms with E-state index >= 15 is 0 Å².